The Morgan fingerprint density at radius 2 is 1.97 bits per heavy atom. The quantitative estimate of drug-likeness (QED) is 0.558. The van der Waals surface area contributed by atoms with Gasteiger partial charge in [0.1, 0.15) is 28.2 Å². The number of nitrogens with one attached hydrogen (secondary N) is 1. The molecule has 0 aliphatic rings. The average molecular weight is 405 g/mol. The highest BCUT2D eigenvalue weighted by Crippen LogP contribution is 2.30. The minimum atomic E-state index is -0.539. The van der Waals surface area contributed by atoms with Crippen molar-refractivity contribution in [1.29, 1.82) is 5.26 Å². The Morgan fingerprint density at radius 3 is 2.66 bits per heavy atom. The second kappa shape index (κ2) is 7.57. The molecule has 8 nitrogen and oxygen atoms in total. The van der Waals surface area contributed by atoms with Crippen molar-refractivity contribution >= 4 is 22.4 Å². The summed E-state index contributed by atoms with van der Waals surface area (Å²) in [6.45, 7) is 0. The van der Waals surface area contributed by atoms with E-state index in [1.54, 1.807) is 31.4 Å². The van der Waals surface area contributed by atoms with Crippen LogP contribution >= 0.6 is 11.3 Å². The summed E-state index contributed by atoms with van der Waals surface area (Å²) in [7, 11) is 1.58. The molecule has 3 heterocycles. The molecule has 0 aliphatic carbocycles. The molecule has 29 heavy (non-hydrogen) atoms. The Bertz CT molecular complexity index is 1230. The Kier molecular flexibility index (Phi) is 4.80. The number of pyridine rings is 1. The van der Waals surface area contributed by atoms with Crippen LogP contribution in [0.4, 0.5) is 9.52 Å². The molecule has 10 heteroatoms. The van der Waals surface area contributed by atoms with Gasteiger partial charge in [-0.3, -0.25) is 15.1 Å². The Morgan fingerprint density at radius 1 is 1.17 bits per heavy atom. The number of nitrogens with zero attached hydrogens (tertiary/aromatic N) is 6. The van der Waals surface area contributed by atoms with Crippen molar-refractivity contribution in [2.45, 2.75) is 0 Å². The van der Waals surface area contributed by atoms with Crippen molar-refractivity contribution in [2.75, 3.05) is 5.32 Å². The number of hydrogen-bond acceptors (Lipinski definition) is 7. The molecule has 4 rings (SSSR count). The van der Waals surface area contributed by atoms with Gasteiger partial charge < -0.3 is 0 Å². The minimum Gasteiger partial charge on any atom is -0.296 e. The zero-order valence-corrected chi connectivity index (χ0v) is 15.8. The van der Waals surface area contributed by atoms with Gasteiger partial charge in [0.05, 0.1) is 5.69 Å². The van der Waals surface area contributed by atoms with Gasteiger partial charge in [-0.05, 0) is 36.4 Å². The normalized spacial score (nSPS) is 10.5. The van der Waals surface area contributed by atoms with Crippen molar-refractivity contribution in [1.82, 2.24) is 25.0 Å². The van der Waals surface area contributed by atoms with Crippen LogP contribution in [-0.2, 0) is 7.05 Å². The first-order valence-corrected chi connectivity index (χ1v) is 9.17. The standard InChI is InChI=1S/C19H12FN7OS/c1-27-25-15(11-5-7-12(20)8-6-11)17(26-27)18(28)24-19-23-16(14(10-21)29-19)13-4-2-3-9-22-13/h2-9H,1H3,(H,23,24,28). The number of amides is 1. The number of aromatic nitrogens is 5. The predicted octanol–water partition coefficient (Wildman–Crippen LogP) is 3.26. The van der Waals surface area contributed by atoms with Crippen LogP contribution in [0.5, 0.6) is 0 Å². The van der Waals surface area contributed by atoms with Gasteiger partial charge in [0.15, 0.2) is 10.8 Å². The molecule has 3 aromatic heterocycles. The first-order chi connectivity index (χ1) is 14.0. The zero-order chi connectivity index (χ0) is 20.4. The van der Waals surface area contributed by atoms with E-state index in [0.717, 1.165) is 11.3 Å². The van der Waals surface area contributed by atoms with Crippen LogP contribution in [0, 0.1) is 17.1 Å². The third-order valence-electron chi connectivity index (χ3n) is 3.90. The summed E-state index contributed by atoms with van der Waals surface area (Å²) < 4.78 is 13.2. The van der Waals surface area contributed by atoms with E-state index < -0.39 is 11.7 Å². The maximum Gasteiger partial charge on any atom is 0.280 e. The SMILES string of the molecule is Cn1nc(C(=O)Nc2nc(-c3ccccn3)c(C#N)s2)c(-c2ccc(F)cc2)n1. The Labute approximate surface area is 168 Å². The number of halogens is 1. The third kappa shape index (κ3) is 3.71. The maximum absolute atomic E-state index is 13.2. The molecule has 0 radical (unpaired) electrons. The molecule has 0 unspecified atom stereocenters. The molecule has 0 saturated heterocycles. The Balaban J connectivity index is 1.65. The number of thiazole rings is 1. The largest absolute Gasteiger partial charge is 0.296 e. The second-order valence-corrected chi connectivity index (χ2v) is 6.87. The number of nitriles is 1. The highest BCUT2D eigenvalue weighted by Gasteiger charge is 2.22. The lowest BCUT2D eigenvalue weighted by Crippen LogP contribution is -2.14. The van der Waals surface area contributed by atoms with Gasteiger partial charge in [-0.2, -0.15) is 15.2 Å². The van der Waals surface area contributed by atoms with Crippen LogP contribution in [0.15, 0.2) is 48.7 Å². The van der Waals surface area contributed by atoms with Crippen molar-refractivity contribution in [3.05, 3.63) is 65.0 Å². The van der Waals surface area contributed by atoms with Crippen LogP contribution in [-0.4, -0.2) is 30.9 Å². The van der Waals surface area contributed by atoms with Gasteiger partial charge in [0.25, 0.3) is 5.91 Å². The van der Waals surface area contributed by atoms with Gasteiger partial charge in [0.2, 0.25) is 0 Å². The number of rotatable bonds is 4. The fraction of sp³-hybridized carbons (Fsp3) is 0.0526. The lowest BCUT2D eigenvalue weighted by Gasteiger charge is -2.01. The van der Waals surface area contributed by atoms with E-state index in [1.165, 1.54) is 29.1 Å². The first kappa shape index (κ1) is 18.4. The van der Waals surface area contributed by atoms with Crippen LogP contribution in [0.25, 0.3) is 22.6 Å². The van der Waals surface area contributed by atoms with E-state index in [1.807, 2.05) is 0 Å². The average Bonchev–Trinajstić information content (AvgIpc) is 3.32. The topological polar surface area (TPSA) is 109 Å². The molecular weight excluding hydrogens is 393 g/mol. The van der Waals surface area contributed by atoms with Crippen molar-refractivity contribution in [3.63, 3.8) is 0 Å². The Hall–Kier alpha value is -3.97. The molecule has 0 saturated carbocycles. The summed E-state index contributed by atoms with van der Waals surface area (Å²) in [6.07, 6.45) is 1.60. The molecule has 1 aromatic carbocycles. The summed E-state index contributed by atoms with van der Waals surface area (Å²) in [4.78, 5) is 22.9. The fourth-order valence-electron chi connectivity index (χ4n) is 2.64. The predicted molar refractivity (Wildman–Crippen MR) is 104 cm³/mol. The molecule has 0 bridgehead atoms. The van der Waals surface area contributed by atoms with E-state index in [9.17, 15) is 14.4 Å². The van der Waals surface area contributed by atoms with Crippen molar-refractivity contribution in [2.24, 2.45) is 7.05 Å². The summed E-state index contributed by atoms with van der Waals surface area (Å²) in [5.74, 6) is -0.930. The number of hydrogen-bond donors (Lipinski definition) is 1. The molecule has 0 fully saturated rings. The van der Waals surface area contributed by atoms with Gasteiger partial charge in [-0.15, -0.1) is 5.10 Å². The minimum absolute atomic E-state index is 0.0622. The van der Waals surface area contributed by atoms with E-state index >= 15 is 0 Å². The van der Waals surface area contributed by atoms with Gasteiger partial charge >= 0.3 is 0 Å². The second-order valence-electron chi connectivity index (χ2n) is 5.87. The van der Waals surface area contributed by atoms with Crippen LogP contribution in [0.3, 0.4) is 0 Å². The fourth-order valence-corrected chi connectivity index (χ4v) is 3.41. The van der Waals surface area contributed by atoms with Crippen LogP contribution < -0.4 is 5.32 Å². The summed E-state index contributed by atoms with van der Waals surface area (Å²) in [5, 5.41) is 20.6. The van der Waals surface area contributed by atoms with E-state index in [0.29, 0.717) is 27.5 Å². The first-order valence-electron chi connectivity index (χ1n) is 8.36. The third-order valence-corrected chi connectivity index (χ3v) is 4.78. The van der Waals surface area contributed by atoms with Gasteiger partial charge in [-0.25, -0.2) is 9.37 Å². The number of benzene rings is 1. The molecule has 142 valence electrons. The lowest BCUT2D eigenvalue weighted by molar-refractivity contribution is 0.102. The number of carbonyl (C=O) groups excluding carboxylic acids is 1. The van der Waals surface area contributed by atoms with E-state index in [4.69, 9.17) is 0 Å². The number of anilines is 1. The number of aryl methyl sites for hydroxylation is 1. The smallest absolute Gasteiger partial charge is 0.280 e. The maximum atomic E-state index is 13.2. The van der Waals surface area contributed by atoms with E-state index in [2.05, 4.69) is 31.6 Å². The highest BCUT2D eigenvalue weighted by atomic mass is 32.1. The summed E-state index contributed by atoms with van der Waals surface area (Å²) >= 11 is 1.04. The van der Waals surface area contributed by atoms with Crippen molar-refractivity contribution in [3.8, 4) is 28.7 Å². The van der Waals surface area contributed by atoms with Gasteiger partial charge in [0, 0.05) is 18.8 Å². The molecule has 0 atom stereocenters. The molecule has 0 spiro atoms. The van der Waals surface area contributed by atoms with Gasteiger partial charge in [-0.1, -0.05) is 17.4 Å². The molecule has 1 amide bonds. The number of carbonyl (C=O) groups is 1. The summed E-state index contributed by atoms with van der Waals surface area (Å²) in [6, 6.07) is 13.0. The van der Waals surface area contributed by atoms with Crippen molar-refractivity contribution < 1.29 is 9.18 Å². The lowest BCUT2D eigenvalue weighted by atomic mass is 10.1. The molecular formula is C19H12FN7OS. The highest BCUT2D eigenvalue weighted by molar-refractivity contribution is 7.16. The zero-order valence-electron chi connectivity index (χ0n) is 15.0. The summed E-state index contributed by atoms with van der Waals surface area (Å²) in [5.41, 5.74) is 1.86. The molecule has 1 N–H and O–H groups in total. The van der Waals surface area contributed by atoms with Crippen LogP contribution in [0.1, 0.15) is 15.4 Å². The molecule has 4 aromatic rings. The van der Waals surface area contributed by atoms with E-state index in [-0.39, 0.29) is 10.8 Å². The monoisotopic (exact) mass is 405 g/mol. The molecule has 0 aliphatic heterocycles. The van der Waals surface area contributed by atoms with Crippen LogP contribution in [0.2, 0.25) is 0 Å².